The van der Waals surface area contributed by atoms with Crippen molar-refractivity contribution in [1.82, 2.24) is 10.1 Å². The van der Waals surface area contributed by atoms with Gasteiger partial charge in [-0.2, -0.15) is 4.98 Å². The largest absolute Gasteiger partial charge is 0.398 e. The number of rotatable bonds is 3. The number of nitrogens with two attached hydrogens (primary N) is 1. The smallest absolute Gasteiger partial charge is 0.260 e. The summed E-state index contributed by atoms with van der Waals surface area (Å²) < 4.78 is 5.29. The number of aromatic nitrogens is 2. The number of aryl methyl sites for hydroxylation is 1. The molecule has 0 amide bonds. The first-order valence-electron chi connectivity index (χ1n) is 6.55. The van der Waals surface area contributed by atoms with E-state index in [9.17, 15) is 0 Å². The standard InChI is InChI=1S/C16H14ClN3O/c1-10-3-2-4-11(7-10)8-15-19-16(21-20-15)13-6-5-12(17)9-14(13)18/h2-7,9H,8,18H2,1H3. The van der Waals surface area contributed by atoms with Crippen LogP contribution in [-0.4, -0.2) is 10.1 Å². The zero-order chi connectivity index (χ0) is 14.8. The van der Waals surface area contributed by atoms with E-state index in [4.69, 9.17) is 21.9 Å². The van der Waals surface area contributed by atoms with Crippen LogP contribution in [0.1, 0.15) is 17.0 Å². The molecule has 2 aromatic carbocycles. The van der Waals surface area contributed by atoms with Crippen LogP contribution in [0.4, 0.5) is 5.69 Å². The molecule has 0 spiro atoms. The minimum Gasteiger partial charge on any atom is -0.398 e. The highest BCUT2D eigenvalue weighted by molar-refractivity contribution is 6.31. The van der Waals surface area contributed by atoms with Gasteiger partial charge in [0, 0.05) is 17.1 Å². The number of halogens is 1. The van der Waals surface area contributed by atoms with E-state index >= 15 is 0 Å². The predicted octanol–water partition coefficient (Wildman–Crippen LogP) is 3.87. The molecule has 3 aromatic rings. The molecule has 0 saturated carbocycles. The Hall–Kier alpha value is -2.33. The van der Waals surface area contributed by atoms with Crippen molar-refractivity contribution in [1.29, 1.82) is 0 Å². The SMILES string of the molecule is Cc1cccc(Cc2noc(-c3ccc(Cl)cc3N)n2)c1. The Morgan fingerprint density at radius 3 is 2.81 bits per heavy atom. The van der Waals surface area contributed by atoms with Crippen LogP contribution >= 0.6 is 11.6 Å². The van der Waals surface area contributed by atoms with Gasteiger partial charge in [0.15, 0.2) is 5.82 Å². The normalized spacial score (nSPS) is 10.8. The van der Waals surface area contributed by atoms with E-state index in [0.717, 1.165) is 5.56 Å². The van der Waals surface area contributed by atoms with Crippen LogP contribution in [0.25, 0.3) is 11.5 Å². The summed E-state index contributed by atoms with van der Waals surface area (Å²) in [6, 6.07) is 13.4. The molecule has 21 heavy (non-hydrogen) atoms. The van der Waals surface area contributed by atoms with Gasteiger partial charge >= 0.3 is 0 Å². The van der Waals surface area contributed by atoms with Crippen LogP contribution in [0.2, 0.25) is 5.02 Å². The molecule has 0 atom stereocenters. The molecule has 1 heterocycles. The van der Waals surface area contributed by atoms with E-state index in [1.54, 1.807) is 18.2 Å². The molecule has 106 valence electrons. The number of nitrogen functional groups attached to an aromatic ring is 1. The molecule has 5 heteroatoms. The fraction of sp³-hybridized carbons (Fsp3) is 0.125. The van der Waals surface area contributed by atoms with Crippen molar-refractivity contribution < 1.29 is 4.52 Å². The molecule has 0 fully saturated rings. The maximum atomic E-state index is 5.92. The third-order valence-corrected chi connectivity index (χ3v) is 3.39. The molecule has 4 nitrogen and oxygen atoms in total. The summed E-state index contributed by atoms with van der Waals surface area (Å²) in [5.41, 5.74) is 9.49. The third kappa shape index (κ3) is 3.06. The maximum absolute atomic E-state index is 5.92. The molecule has 1 aromatic heterocycles. The lowest BCUT2D eigenvalue weighted by molar-refractivity contribution is 0.424. The highest BCUT2D eigenvalue weighted by atomic mass is 35.5. The van der Waals surface area contributed by atoms with Crippen molar-refractivity contribution in [2.24, 2.45) is 0 Å². The molecular weight excluding hydrogens is 286 g/mol. The van der Waals surface area contributed by atoms with E-state index in [2.05, 4.69) is 29.2 Å². The molecular formula is C16H14ClN3O. The van der Waals surface area contributed by atoms with Gasteiger partial charge in [0.2, 0.25) is 0 Å². The van der Waals surface area contributed by atoms with Crippen LogP contribution in [0.15, 0.2) is 47.0 Å². The van der Waals surface area contributed by atoms with E-state index in [1.807, 2.05) is 12.1 Å². The second-order valence-electron chi connectivity index (χ2n) is 4.91. The molecule has 0 saturated heterocycles. The zero-order valence-corrected chi connectivity index (χ0v) is 12.3. The Kier molecular flexibility index (Phi) is 3.62. The fourth-order valence-corrected chi connectivity index (χ4v) is 2.35. The van der Waals surface area contributed by atoms with Crippen molar-refractivity contribution in [2.45, 2.75) is 13.3 Å². The summed E-state index contributed by atoms with van der Waals surface area (Å²) in [7, 11) is 0. The van der Waals surface area contributed by atoms with Crippen molar-refractivity contribution in [3.8, 4) is 11.5 Å². The van der Waals surface area contributed by atoms with Gasteiger partial charge in [-0.15, -0.1) is 0 Å². The quantitative estimate of drug-likeness (QED) is 0.746. The monoisotopic (exact) mass is 299 g/mol. The summed E-state index contributed by atoms with van der Waals surface area (Å²) in [6.07, 6.45) is 0.624. The number of hydrogen-bond donors (Lipinski definition) is 1. The fourth-order valence-electron chi connectivity index (χ4n) is 2.17. The lowest BCUT2D eigenvalue weighted by Gasteiger charge is -2.00. The molecule has 3 rings (SSSR count). The summed E-state index contributed by atoms with van der Waals surface area (Å²) in [5.74, 6) is 1.04. The maximum Gasteiger partial charge on any atom is 0.260 e. The number of benzene rings is 2. The lowest BCUT2D eigenvalue weighted by Crippen LogP contribution is -1.92. The lowest BCUT2D eigenvalue weighted by atomic mass is 10.1. The Labute approximate surface area is 127 Å². The summed E-state index contributed by atoms with van der Waals surface area (Å²) >= 11 is 5.89. The van der Waals surface area contributed by atoms with Crippen LogP contribution in [0.3, 0.4) is 0 Å². The van der Waals surface area contributed by atoms with Crippen LogP contribution < -0.4 is 5.73 Å². The number of nitrogens with zero attached hydrogens (tertiary/aromatic N) is 2. The van der Waals surface area contributed by atoms with Gasteiger partial charge in [-0.3, -0.25) is 0 Å². The molecule has 0 aliphatic heterocycles. The minimum absolute atomic E-state index is 0.409. The molecule has 0 aliphatic carbocycles. The van der Waals surface area contributed by atoms with Crippen molar-refractivity contribution in [3.63, 3.8) is 0 Å². The Balaban J connectivity index is 1.86. The predicted molar refractivity (Wildman–Crippen MR) is 83.1 cm³/mol. The Morgan fingerprint density at radius 2 is 2.05 bits per heavy atom. The van der Waals surface area contributed by atoms with Gasteiger partial charge in [0.05, 0.1) is 5.56 Å². The molecule has 0 aliphatic rings. The average molecular weight is 300 g/mol. The van der Waals surface area contributed by atoms with Crippen molar-refractivity contribution in [2.75, 3.05) is 5.73 Å². The van der Waals surface area contributed by atoms with Gasteiger partial charge in [-0.05, 0) is 30.7 Å². The van der Waals surface area contributed by atoms with Gasteiger partial charge in [0.1, 0.15) is 0 Å². The van der Waals surface area contributed by atoms with Crippen molar-refractivity contribution in [3.05, 3.63) is 64.4 Å². The van der Waals surface area contributed by atoms with E-state index < -0.39 is 0 Å². The molecule has 0 bridgehead atoms. The molecule has 2 N–H and O–H groups in total. The third-order valence-electron chi connectivity index (χ3n) is 3.16. The molecule has 0 unspecified atom stereocenters. The van der Waals surface area contributed by atoms with Crippen molar-refractivity contribution >= 4 is 17.3 Å². The highest BCUT2D eigenvalue weighted by Gasteiger charge is 2.12. The van der Waals surface area contributed by atoms with E-state index in [-0.39, 0.29) is 0 Å². The van der Waals surface area contributed by atoms with Crippen LogP contribution in [-0.2, 0) is 6.42 Å². The topological polar surface area (TPSA) is 64.9 Å². The number of anilines is 1. The van der Waals surface area contributed by atoms with Crippen LogP contribution in [0, 0.1) is 6.92 Å². The first kappa shape index (κ1) is 13.6. The van der Waals surface area contributed by atoms with E-state index in [1.165, 1.54) is 5.56 Å². The van der Waals surface area contributed by atoms with Gasteiger partial charge in [0.25, 0.3) is 5.89 Å². The number of hydrogen-bond acceptors (Lipinski definition) is 4. The molecule has 0 radical (unpaired) electrons. The van der Waals surface area contributed by atoms with Crippen LogP contribution in [0.5, 0.6) is 0 Å². The summed E-state index contributed by atoms with van der Waals surface area (Å²) in [5, 5.41) is 4.59. The minimum atomic E-state index is 0.409. The van der Waals surface area contributed by atoms with Gasteiger partial charge < -0.3 is 10.3 Å². The average Bonchev–Trinajstić information content (AvgIpc) is 2.87. The highest BCUT2D eigenvalue weighted by Crippen LogP contribution is 2.27. The first-order chi connectivity index (χ1) is 10.1. The Bertz CT molecular complexity index is 783. The van der Waals surface area contributed by atoms with Gasteiger partial charge in [-0.25, -0.2) is 0 Å². The summed E-state index contributed by atoms with van der Waals surface area (Å²) in [4.78, 5) is 4.40. The van der Waals surface area contributed by atoms with Gasteiger partial charge in [-0.1, -0.05) is 46.6 Å². The first-order valence-corrected chi connectivity index (χ1v) is 6.93. The second kappa shape index (κ2) is 5.58. The van der Waals surface area contributed by atoms with E-state index in [0.29, 0.717) is 34.4 Å². The zero-order valence-electron chi connectivity index (χ0n) is 11.5. The summed E-state index contributed by atoms with van der Waals surface area (Å²) in [6.45, 7) is 2.06. The Morgan fingerprint density at radius 1 is 1.19 bits per heavy atom. The second-order valence-corrected chi connectivity index (χ2v) is 5.35.